The van der Waals surface area contributed by atoms with E-state index in [1.165, 1.54) is 12.5 Å². The van der Waals surface area contributed by atoms with Gasteiger partial charge in [0.2, 0.25) is 0 Å². The van der Waals surface area contributed by atoms with Crippen molar-refractivity contribution in [2.45, 2.75) is 164 Å². The second-order valence-electron chi connectivity index (χ2n) is 23.2. The quantitative estimate of drug-likeness (QED) is 0.0587. The number of Topliss-reactive ketones (excluding diaryl/α,β-unsaturated/α-hetero) is 2. The van der Waals surface area contributed by atoms with Gasteiger partial charge in [0.15, 0.2) is 11.7 Å². The second kappa shape index (κ2) is 14.7. The third-order valence-corrected chi connectivity index (χ3v) is 20.7. The summed E-state index contributed by atoms with van der Waals surface area (Å²) >= 11 is 0. The molecule has 11 rings (SSSR count). The number of aryl methyl sites for hydroxylation is 1. The van der Waals surface area contributed by atoms with Crippen molar-refractivity contribution >= 4 is 29.6 Å². The van der Waals surface area contributed by atoms with Crippen LogP contribution in [0, 0.1) is 56.7 Å². The fraction of sp³-hybridized carbons (Fsp3) is 0.607. The first-order chi connectivity index (χ1) is 32.2. The standard InChI is InChI=1S/C56H67N3O9/c1-32(60)28-38(46(64)65)37-16-23-52(59-47(57)58)25-24-50(33(2)56(52,68)45(37)63)31-53(66)26-27-54(67)41(36-15-14-34-12-6-7-13-35(34)29-36)43-48(3)18-8-4-11-21-55(53)44(54)42-39(61)30-51(50,55)20-10-5-9-19-49(42,43)22-17-40(48)62/h6-7,12-13,24-27,29,32-33,41,43,45,60,63,66-68H,5,9-11,14-23,28,30-31H2,1-3H3,(H,64,65)(H4,57,58,59). The fourth-order valence-corrected chi connectivity index (χ4v) is 18.3. The molecule has 68 heavy (non-hydrogen) atoms. The highest BCUT2D eigenvalue weighted by Gasteiger charge is 2.86. The van der Waals surface area contributed by atoms with E-state index >= 15 is 4.79 Å². The Morgan fingerprint density at radius 2 is 1.69 bits per heavy atom. The van der Waals surface area contributed by atoms with Crippen LogP contribution in [0.4, 0.5) is 0 Å². The first-order valence-corrected chi connectivity index (χ1v) is 25.2. The normalized spacial score (nSPS) is 46.2. The maximum absolute atomic E-state index is 16.4. The number of hydrogen-bond acceptors (Lipinski definition) is 9. The number of carbonyl (C=O) groups excluding carboxylic acids is 2. The zero-order chi connectivity index (χ0) is 48.2. The number of aliphatic imine (C=N–C) groups is 1. The van der Waals surface area contributed by atoms with Crippen LogP contribution in [0.5, 0.6) is 0 Å². The highest BCUT2D eigenvalue weighted by molar-refractivity contribution is 6.02. The van der Waals surface area contributed by atoms with Crippen LogP contribution in [0.3, 0.4) is 0 Å². The van der Waals surface area contributed by atoms with Crippen LogP contribution >= 0.6 is 0 Å². The Kier molecular flexibility index (Phi) is 9.90. The first-order valence-electron chi connectivity index (χ1n) is 25.2. The SMILES string of the molecule is CC(O)CC(C(=O)O)=C1CCC2(N=C(N)N)C=CC3(CC4(O)C=CC5(O)C6=C7C(=O)CC38CCCCCC73CCC(=O)C(C)(CC#CCCC648)C3C5C3=Cc4ccccc4CC3)C(C)C2(O)C1O. The summed E-state index contributed by atoms with van der Waals surface area (Å²) < 4.78 is 0. The van der Waals surface area contributed by atoms with Gasteiger partial charge in [-0.05, 0) is 104 Å². The molecule has 10 aliphatic carbocycles. The lowest BCUT2D eigenvalue weighted by molar-refractivity contribution is -0.207. The zero-order valence-electron chi connectivity index (χ0n) is 39.6. The molecule has 14 atom stereocenters. The number of ketones is 2. The van der Waals surface area contributed by atoms with Crippen LogP contribution in [-0.4, -0.2) is 88.7 Å². The molecule has 0 heterocycles. The van der Waals surface area contributed by atoms with E-state index in [2.05, 4.69) is 30.0 Å². The lowest BCUT2D eigenvalue weighted by atomic mass is 9.31. The minimum atomic E-state index is -2.30. The summed E-state index contributed by atoms with van der Waals surface area (Å²) in [4.78, 5) is 49.0. The van der Waals surface area contributed by atoms with Crippen molar-refractivity contribution in [3.8, 4) is 11.8 Å². The Balaban J connectivity index is 1.24. The van der Waals surface area contributed by atoms with Crippen molar-refractivity contribution in [1.82, 2.24) is 0 Å². The van der Waals surface area contributed by atoms with Crippen molar-refractivity contribution in [2.24, 2.45) is 61.3 Å². The number of aliphatic hydroxyl groups is 5. The number of carboxylic acids is 1. The van der Waals surface area contributed by atoms with Crippen molar-refractivity contribution in [3.63, 3.8) is 0 Å². The minimum Gasteiger partial charge on any atom is -0.478 e. The summed E-state index contributed by atoms with van der Waals surface area (Å²) in [5.74, 6) is 3.14. The first kappa shape index (κ1) is 45.8. The fourth-order valence-electron chi connectivity index (χ4n) is 18.3. The summed E-state index contributed by atoms with van der Waals surface area (Å²) in [6, 6.07) is 8.29. The maximum Gasteiger partial charge on any atom is 0.331 e. The number of rotatable bonds is 5. The molecule has 0 aromatic heterocycles. The molecule has 10 aliphatic rings. The summed E-state index contributed by atoms with van der Waals surface area (Å²) in [6.45, 7) is 5.34. The van der Waals surface area contributed by atoms with Crippen molar-refractivity contribution in [2.75, 3.05) is 0 Å². The Labute approximate surface area is 398 Å². The van der Waals surface area contributed by atoms with Gasteiger partial charge in [-0.25, -0.2) is 9.79 Å². The Morgan fingerprint density at radius 1 is 0.926 bits per heavy atom. The summed E-state index contributed by atoms with van der Waals surface area (Å²) in [5.41, 5.74) is 3.52. The topological polar surface area (TPSA) is 237 Å². The predicted octanol–water partition coefficient (Wildman–Crippen LogP) is 5.69. The Hall–Kier alpha value is -4.64. The monoisotopic (exact) mass is 925 g/mol. The summed E-state index contributed by atoms with van der Waals surface area (Å²) in [5, 5.41) is 76.8. The molecular weight excluding hydrogens is 859 g/mol. The largest absolute Gasteiger partial charge is 0.478 e. The molecule has 4 fully saturated rings. The van der Waals surface area contributed by atoms with E-state index in [-0.39, 0.29) is 80.0 Å². The molecule has 4 spiro atoms. The van der Waals surface area contributed by atoms with Gasteiger partial charge >= 0.3 is 5.97 Å². The zero-order valence-corrected chi connectivity index (χ0v) is 39.6. The number of carboxylic acid groups (broad SMARTS) is 1. The van der Waals surface area contributed by atoms with Crippen molar-refractivity contribution in [1.29, 1.82) is 0 Å². The molecule has 0 aliphatic heterocycles. The number of aliphatic carboxylic acids is 1. The molecule has 14 unspecified atom stereocenters. The molecule has 0 amide bonds. The van der Waals surface area contributed by atoms with Gasteiger partial charge in [-0.3, -0.25) is 9.59 Å². The van der Waals surface area contributed by atoms with Gasteiger partial charge in [0.1, 0.15) is 28.6 Å². The van der Waals surface area contributed by atoms with Crippen LogP contribution in [-0.2, 0) is 20.8 Å². The molecule has 4 saturated carbocycles. The molecule has 12 nitrogen and oxygen atoms in total. The highest BCUT2D eigenvalue weighted by atomic mass is 16.4. The predicted molar refractivity (Wildman–Crippen MR) is 255 cm³/mol. The second-order valence-corrected chi connectivity index (χ2v) is 23.2. The van der Waals surface area contributed by atoms with E-state index < -0.39 is 85.3 Å². The average Bonchev–Trinajstić information content (AvgIpc) is 3.46. The summed E-state index contributed by atoms with van der Waals surface area (Å²) in [7, 11) is 0. The van der Waals surface area contributed by atoms with Crippen LogP contribution < -0.4 is 11.5 Å². The number of benzene rings is 1. The van der Waals surface area contributed by atoms with Gasteiger partial charge in [0.05, 0.1) is 11.7 Å². The molecule has 12 heteroatoms. The van der Waals surface area contributed by atoms with E-state index in [0.717, 1.165) is 30.4 Å². The van der Waals surface area contributed by atoms with Crippen LogP contribution in [0.25, 0.3) is 6.08 Å². The van der Waals surface area contributed by atoms with Gasteiger partial charge in [0.25, 0.3) is 0 Å². The third-order valence-electron chi connectivity index (χ3n) is 20.7. The molecule has 1 aromatic carbocycles. The highest BCUT2D eigenvalue weighted by Crippen LogP contribution is 2.86. The lowest BCUT2D eigenvalue weighted by Gasteiger charge is -2.72. The van der Waals surface area contributed by atoms with Crippen molar-refractivity contribution < 1.29 is 45.0 Å². The Bertz CT molecular complexity index is 2720. The molecule has 0 saturated heterocycles. The van der Waals surface area contributed by atoms with Crippen LogP contribution in [0.1, 0.15) is 135 Å². The smallest absolute Gasteiger partial charge is 0.331 e. The number of carbonyl (C=O) groups is 3. The molecule has 1 aromatic rings. The third kappa shape index (κ3) is 5.30. The van der Waals surface area contributed by atoms with Gasteiger partial charge in [0, 0.05) is 76.7 Å². The number of fused-ring (bicyclic) bond motifs is 3. The molecule has 360 valence electrons. The van der Waals surface area contributed by atoms with Gasteiger partial charge in [-0.15, -0.1) is 11.8 Å². The molecule has 10 N–H and O–H groups in total. The number of nitrogens with two attached hydrogens (primary N) is 2. The van der Waals surface area contributed by atoms with E-state index in [1.54, 1.807) is 18.2 Å². The van der Waals surface area contributed by atoms with Gasteiger partial charge < -0.3 is 42.1 Å². The number of guanidine groups is 1. The Morgan fingerprint density at radius 3 is 2.44 bits per heavy atom. The number of allylic oxidation sites excluding steroid dienone is 2. The van der Waals surface area contributed by atoms with Gasteiger partial charge in [-0.2, -0.15) is 0 Å². The van der Waals surface area contributed by atoms with Crippen LogP contribution in [0.2, 0.25) is 0 Å². The van der Waals surface area contributed by atoms with E-state index in [1.807, 2.05) is 32.1 Å². The minimum absolute atomic E-state index is 0.000540. The number of hydrogen-bond donors (Lipinski definition) is 8. The average molecular weight is 926 g/mol. The van der Waals surface area contributed by atoms with Crippen molar-refractivity contribution in [3.05, 3.63) is 87.6 Å². The number of aliphatic hydroxyl groups excluding tert-OH is 2. The maximum atomic E-state index is 16.4. The number of nitrogens with zero attached hydrogens (tertiary/aromatic N) is 1. The van der Waals surface area contributed by atoms with Gasteiger partial charge in [-0.1, -0.05) is 87.3 Å². The summed E-state index contributed by atoms with van der Waals surface area (Å²) in [6.07, 6.45) is 12.7. The van der Waals surface area contributed by atoms with E-state index in [9.17, 15) is 40.2 Å². The molecule has 0 radical (unpaired) electrons. The van der Waals surface area contributed by atoms with Crippen LogP contribution in [0.15, 0.2) is 81.4 Å². The van der Waals surface area contributed by atoms with E-state index in [0.29, 0.717) is 49.7 Å². The lowest BCUT2D eigenvalue weighted by Crippen LogP contribution is -2.74. The van der Waals surface area contributed by atoms with E-state index in [4.69, 9.17) is 16.5 Å². The molecule has 6 bridgehead atoms. The molecular formula is C56H67N3O9.